The Morgan fingerprint density at radius 3 is 2.85 bits per heavy atom. The molecule has 0 aromatic heterocycles. The topological polar surface area (TPSA) is 111 Å². The van der Waals surface area contributed by atoms with Gasteiger partial charge in [0.15, 0.2) is 0 Å². The minimum Gasteiger partial charge on any atom is -0.442 e. The Balaban J connectivity index is 1.32. The molecule has 10 heteroatoms. The first-order valence-electron chi connectivity index (χ1n) is 10.6. The molecule has 4 rings (SSSR count). The monoisotopic (exact) mass is 456 g/mol. The average Bonchev–Trinajstić information content (AvgIpc) is 3.33. The highest BCUT2D eigenvalue weighted by atomic mass is 19.1. The summed E-state index contributed by atoms with van der Waals surface area (Å²) >= 11 is 0. The second-order valence-corrected chi connectivity index (χ2v) is 8.18. The molecular weight excluding hydrogens is 431 g/mol. The molecule has 2 aliphatic heterocycles. The summed E-state index contributed by atoms with van der Waals surface area (Å²) in [6.45, 7) is 2.44. The number of amides is 3. The van der Waals surface area contributed by atoms with E-state index < -0.39 is 23.9 Å². The van der Waals surface area contributed by atoms with Crippen molar-refractivity contribution in [1.29, 1.82) is 0 Å². The van der Waals surface area contributed by atoms with Crippen LogP contribution in [0.1, 0.15) is 15.9 Å². The lowest BCUT2D eigenvalue weighted by Crippen LogP contribution is -2.39. The fourth-order valence-corrected chi connectivity index (χ4v) is 4.09. The van der Waals surface area contributed by atoms with Crippen LogP contribution in [0.25, 0.3) is 0 Å². The lowest BCUT2D eigenvalue weighted by molar-refractivity contribution is -0.116. The smallest absolute Gasteiger partial charge is 0.407 e. The molecule has 2 heterocycles. The molecule has 2 aliphatic rings. The van der Waals surface area contributed by atoms with Gasteiger partial charge in [-0.1, -0.05) is 18.2 Å². The van der Waals surface area contributed by atoms with Gasteiger partial charge in [0, 0.05) is 24.3 Å². The second-order valence-electron chi connectivity index (χ2n) is 8.18. The zero-order valence-corrected chi connectivity index (χ0v) is 18.0. The molecule has 3 atom stereocenters. The molecule has 0 bridgehead atoms. The zero-order valence-electron chi connectivity index (χ0n) is 18.0. The molecular formula is C23H25FN4O5. The number of hydrogen-bond donors (Lipinski definition) is 3. The summed E-state index contributed by atoms with van der Waals surface area (Å²) in [5.41, 5.74) is 1.96. The number of carbonyl (C=O) groups is 3. The standard InChI is InChI=1S/C23H25FN4O5/c1-14-4-2-3-5-17(14)22(31)28(13-29)10-16(30)9-25-15-6-7-20(18(24)8-15)27-11-19-21(12-27)33-23(32)26-19/h2-8,13,16,19,21,25,30H,9-12H2,1H3,(H,26,32). The fourth-order valence-electron chi connectivity index (χ4n) is 4.09. The number of aliphatic hydroxyl groups is 1. The third-order valence-corrected chi connectivity index (χ3v) is 5.83. The van der Waals surface area contributed by atoms with Crippen molar-refractivity contribution >= 4 is 29.8 Å². The van der Waals surface area contributed by atoms with Crippen LogP contribution in [-0.2, 0) is 9.53 Å². The number of aliphatic hydroxyl groups excluding tert-OH is 1. The molecule has 2 aromatic rings. The van der Waals surface area contributed by atoms with Crippen LogP contribution in [0.5, 0.6) is 0 Å². The number of hydrogen-bond acceptors (Lipinski definition) is 7. The Hall–Kier alpha value is -3.66. The van der Waals surface area contributed by atoms with E-state index in [9.17, 15) is 23.9 Å². The Labute approximate surface area is 190 Å². The number of halogens is 1. The SMILES string of the molecule is Cc1ccccc1C(=O)N(C=O)CC(O)CNc1ccc(N2CC3NC(=O)OC3C2)c(F)c1. The van der Waals surface area contributed by atoms with Gasteiger partial charge >= 0.3 is 6.09 Å². The largest absolute Gasteiger partial charge is 0.442 e. The van der Waals surface area contributed by atoms with E-state index >= 15 is 0 Å². The first-order chi connectivity index (χ1) is 15.9. The Morgan fingerprint density at radius 2 is 2.15 bits per heavy atom. The Kier molecular flexibility index (Phi) is 6.45. The van der Waals surface area contributed by atoms with E-state index in [1.165, 1.54) is 6.07 Å². The molecule has 0 spiro atoms. The van der Waals surface area contributed by atoms with E-state index in [1.54, 1.807) is 43.3 Å². The summed E-state index contributed by atoms with van der Waals surface area (Å²) in [6, 6.07) is 11.3. The molecule has 0 radical (unpaired) electrons. The molecule has 3 amide bonds. The molecule has 2 fully saturated rings. The van der Waals surface area contributed by atoms with Crippen LogP contribution in [0.15, 0.2) is 42.5 Å². The first kappa shape index (κ1) is 22.5. The van der Waals surface area contributed by atoms with Gasteiger partial charge in [-0.05, 0) is 36.8 Å². The molecule has 33 heavy (non-hydrogen) atoms. The predicted molar refractivity (Wildman–Crippen MR) is 119 cm³/mol. The summed E-state index contributed by atoms with van der Waals surface area (Å²) in [5.74, 6) is -0.946. The van der Waals surface area contributed by atoms with Crippen LogP contribution in [-0.4, -0.2) is 72.8 Å². The number of carbonyl (C=O) groups excluding carboxylic acids is 3. The van der Waals surface area contributed by atoms with Crippen molar-refractivity contribution in [2.24, 2.45) is 0 Å². The number of benzene rings is 2. The first-order valence-corrected chi connectivity index (χ1v) is 10.6. The van der Waals surface area contributed by atoms with Gasteiger partial charge < -0.3 is 25.4 Å². The number of anilines is 2. The fraction of sp³-hybridized carbons (Fsp3) is 0.348. The average molecular weight is 456 g/mol. The van der Waals surface area contributed by atoms with E-state index in [0.29, 0.717) is 36.4 Å². The highest BCUT2D eigenvalue weighted by Gasteiger charge is 2.42. The number of nitrogens with zero attached hydrogens (tertiary/aromatic N) is 2. The normalized spacial score (nSPS) is 20.0. The van der Waals surface area contributed by atoms with E-state index in [2.05, 4.69) is 10.6 Å². The quantitative estimate of drug-likeness (QED) is 0.517. The minimum atomic E-state index is -1.05. The third-order valence-electron chi connectivity index (χ3n) is 5.83. The number of ether oxygens (including phenoxy) is 1. The van der Waals surface area contributed by atoms with E-state index in [0.717, 1.165) is 10.5 Å². The van der Waals surface area contributed by atoms with E-state index in [-0.39, 0.29) is 25.2 Å². The molecule has 2 aromatic carbocycles. The molecule has 0 aliphatic carbocycles. The van der Waals surface area contributed by atoms with Crippen LogP contribution >= 0.6 is 0 Å². The Bertz CT molecular complexity index is 1050. The summed E-state index contributed by atoms with van der Waals surface area (Å²) < 4.78 is 19.9. The van der Waals surface area contributed by atoms with Gasteiger partial charge in [0.05, 0.1) is 30.9 Å². The molecule has 174 valence electrons. The summed E-state index contributed by atoms with van der Waals surface area (Å²) in [4.78, 5) is 38.0. The summed E-state index contributed by atoms with van der Waals surface area (Å²) in [7, 11) is 0. The van der Waals surface area contributed by atoms with Crippen LogP contribution in [0.2, 0.25) is 0 Å². The number of nitrogens with one attached hydrogen (secondary N) is 2. The van der Waals surface area contributed by atoms with Crippen molar-refractivity contribution in [3.63, 3.8) is 0 Å². The molecule has 2 saturated heterocycles. The molecule has 0 saturated carbocycles. The number of fused-ring (bicyclic) bond motifs is 1. The van der Waals surface area contributed by atoms with E-state index in [4.69, 9.17) is 4.74 Å². The lowest BCUT2D eigenvalue weighted by atomic mass is 10.1. The van der Waals surface area contributed by atoms with Crippen molar-refractivity contribution in [1.82, 2.24) is 10.2 Å². The highest BCUT2D eigenvalue weighted by molar-refractivity contribution is 6.00. The van der Waals surface area contributed by atoms with Gasteiger partial charge in [-0.3, -0.25) is 14.5 Å². The molecule has 3 N–H and O–H groups in total. The van der Waals surface area contributed by atoms with Crippen LogP contribution in [0, 0.1) is 12.7 Å². The number of imide groups is 1. The number of rotatable bonds is 8. The van der Waals surface area contributed by atoms with Gasteiger partial charge in [-0.15, -0.1) is 0 Å². The van der Waals surface area contributed by atoms with Gasteiger partial charge in [-0.2, -0.15) is 0 Å². The highest BCUT2D eigenvalue weighted by Crippen LogP contribution is 2.29. The maximum atomic E-state index is 14.7. The Morgan fingerprint density at radius 1 is 1.36 bits per heavy atom. The number of aryl methyl sites for hydroxylation is 1. The van der Waals surface area contributed by atoms with Crippen molar-refractivity contribution in [3.05, 3.63) is 59.4 Å². The lowest BCUT2D eigenvalue weighted by Gasteiger charge is -2.22. The van der Waals surface area contributed by atoms with Crippen LogP contribution in [0.4, 0.5) is 20.6 Å². The van der Waals surface area contributed by atoms with Gasteiger partial charge in [-0.25, -0.2) is 9.18 Å². The van der Waals surface area contributed by atoms with Crippen molar-refractivity contribution in [2.45, 2.75) is 25.2 Å². The molecule has 3 unspecified atom stereocenters. The van der Waals surface area contributed by atoms with Gasteiger partial charge in [0.1, 0.15) is 11.9 Å². The summed E-state index contributed by atoms with van der Waals surface area (Å²) in [6.07, 6.45) is -1.40. The maximum Gasteiger partial charge on any atom is 0.407 e. The van der Waals surface area contributed by atoms with Crippen LogP contribution in [0.3, 0.4) is 0 Å². The van der Waals surface area contributed by atoms with Gasteiger partial charge in [0.25, 0.3) is 5.91 Å². The van der Waals surface area contributed by atoms with Crippen molar-refractivity contribution in [3.8, 4) is 0 Å². The zero-order chi connectivity index (χ0) is 23.5. The third kappa shape index (κ3) is 4.90. The van der Waals surface area contributed by atoms with E-state index in [1.807, 2.05) is 4.90 Å². The predicted octanol–water partition coefficient (Wildman–Crippen LogP) is 1.50. The second kappa shape index (κ2) is 9.45. The van der Waals surface area contributed by atoms with Gasteiger partial charge in [0.2, 0.25) is 6.41 Å². The van der Waals surface area contributed by atoms with Crippen LogP contribution < -0.4 is 15.5 Å². The minimum absolute atomic E-state index is 0.0118. The summed E-state index contributed by atoms with van der Waals surface area (Å²) in [5, 5.41) is 15.9. The number of alkyl carbamates (subject to hydrolysis) is 1. The molecule has 9 nitrogen and oxygen atoms in total. The van der Waals surface area contributed by atoms with Crippen molar-refractivity contribution in [2.75, 3.05) is 36.4 Å². The maximum absolute atomic E-state index is 14.7. The van der Waals surface area contributed by atoms with Crippen molar-refractivity contribution < 1.29 is 28.6 Å².